The highest BCUT2D eigenvalue weighted by Crippen LogP contribution is 2.30. The fourth-order valence-corrected chi connectivity index (χ4v) is 1.98. The van der Waals surface area contributed by atoms with E-state index in [0.717, 1.165) is 22.6 Å². The summed E-state index contributed by atoms with van der Waals surface area (Å²) < 4.78 is 5.36. The van der Waals surface area contributed by atoms with Crippen LogP contribution in [0.5, 0.6) is 5.75 Å². The molecule has 0 radical (unpaired) electrons. The SMILES string of the molecule is COc1ccccc1-c1cccc(NCC(O)CO)c1. The van der Waals surface area contributed by atoms with Gasteiger partial charge in [0, 0.05) is 17.8 Å². The van der Waals surface area contributed by atoms with Crippen molar-refractivity contribution < 1.29 is 14.9 Å². The fourth-order valence-electron chi connectivity index (χ4n) is 1.98. The molecule has 2 aromatic rings. The van der Waals surface area contributed by atoms with Gasteiger partial charge >= 0.3 is 0 Å². The van der Waals surface area contributed by atoms with Gasteiger partial charge in [-0.05, 0) is 23.8 Å². The number of methoxy groups -OCH3 is 1. The van der Waals surface area contributed by atoms with Crippen LogP contribution in [0.3, 0.4) is 0 Å². The monoisotopic (exact) mass is 273 g/mol. The maximum absolute atomic E-state index is 9.36. The van der Waals surface area contributed by atoms with Crippen molar-refractivity contribution in [2.45, 2.75) is 6.10 Å². The van der Waals surface area contributed by atoms with Gasteiger partial charge in [-0.25, -0.2) is 0 Å². The van der Waals surface area contributed by atoms with E-state index in [1.807, 2.05) is 48.5 Å². The van der Waals surface area contributed by atoms with E-state index < -0.39 is 6.10 Å². The molecule has 1 unspecified atom stereocenters. The summed E-state index contributed by atoms with van der Waals surface area (Å²) in [5.41, 5.74) is 2.94. The average molecular weight is 273 g/mol. The van der Waals surface area contributed by atoms with Crippen molar-refractivity contribution in [3.8, 4) is 16.9 Å². The van der Waals surface area contributed by atoms with E-state index in [1.54, 1.807) is 7.11 Å². The van der Waals surface area contributed by atoms with Gasteiger partial charge < -0.3 is 20.3 Å². The minimum Gasteiger partial charge on any atom is -0.496 e. The zero-order valence-corrected chi connectivity index (χ0v) is 11.4. The molecule has 2 rings (SSSR count). The second-order valence-corrected chi connectivity index (χ2v) is 4.50. The second kappa shape index (κ2) is 6.93. The topological polar surface area (TPSA) is 61.7 Å². The van der Waals surface area contributed by atoms with Crippen LogP contribution in [0.2, 0.25) is 0 Å². The Labute approximate surface area is 118 Å². The number of aliphatic hydroxyl groups excluding tert-OH is 2. The lowest BCUT2D eigenvalue weighted by molar-refractivity contribution is 0.105. The normalized spacial score (nSPS) is 11.9. The number of hydrogen-bond donors (Lipinski definition) is 3. The first-order valence-corrected chi connectivity index (χ1v) is 6.51. The maximum Gasteiger partial charge on any atom is 0.126 e. The van der Waals surface area contributed by atoms with Crippen molar-refractivity contribution >= 4 is 5.69 Å². The smallest absolute Gasteiger partial charge is 0.126 e. The summed E-state index contributed by atoms with van der Waals surface area (Å²) in [6.07, 6.45) is -0.759. The molecule has 0 aliphatic heterocycles. The minimum absolute atomic E-state index is 0.251. The van der Waals surface area contributed by atoms with Gasteiger partial charge in [-0.15, -0.1) is 0 Å². The number of nitrogens with one attached hydrogen (secondary N) is 1. The highest BCUT2D eigenvalue weighted by atomic mass is 16.5. The molecule has 2 aromatic carbocycles. The molecule has 3 N–H and O–H groups in total. The molecule has 0 amide bonds. The number of rotatable bonds is 6. The van der Waals surface area contributed by atoms with Gasteiger partial charge in [0.15, 0.2) is 0 Å². The Balaban J connectivity index is 2.21. The molecule has 4 heteroatoms. The van der Waals surface area contributed by atoms with Crippen LogP contribution < -0.4 is 10.1 Å². The predicted octanol–water partition coefficient (Wildman–Crippen LogP) is 2.13. The number of ether oxygens (including phenoxy) is 1. The van der Waals surface area contributed by atoms with Crippen LogP contribution in [-0.2, 0) is 0 Å². The summed E-state index contributed by atoms with van der Waals surface area (Å²) in [5.74, 6) is 0.819. The maximum atomic E-state index is 9.36. The van der Waals surface area contributed by atoms with E-state index in [-0.39, 0.29) is 6.61 Å². The zero-order chi connectivity index (χ0) is 14.4. The van der Waals surface area contributed by atoms with Crippen LogP contribution in [-0.4, -0.2) is 36.6 Å². The lowest BCUT2D eigenvalue weighted by atomic mass is 10.0. The molecule has 0 fully saturated rings. The average Bonchev–Trinajstić information content (AvgIpc) is 2.52. The molecular formula is C16H19NO3. The molecule has 0 aliphatic rings. The van der Waals surface area contributed by atoms with Gasteiger partial charge in [0.1, 0.15) is 5.75 Å². The fraction of sp³-hybridized carbons (Fsp3) is 0.250. The van der Waals surface area contributed by atoms with Crippen molar-refractivity contribution in [1.82, 2.24) is 0 Å². The Morgan fingerprint density at radius 3 is 2.70 bits per heavy atom. The third kappa shape index (κ3) is 3.50. The van der Waals surface area contributed by atoms with Gasteiger partial charge in [0.05, 0.1) is 19.8 Å². The van der Waals surface area contributed by atoms with Crippen LogP contribution in [0.15, 0.2) is 48.5 Å². The number of aliphatic hydroxyl groups is 2. The first-order chi connectivity index (χ1) is 9.74. The molecule has 0 saturated heterocycles. The van der Waals surface area contributed by atoms with E-state index in [1.165, 1.54) is 0 Å². The van der Waals surface area contributed by atoms with Crippen molar-refractivity contribution in [1.29, 1.82) is 0 Å². The summed E-state index contributed by atoms with van der Waals surface area (Å²) in [6, 6.07) is 15.7. The molecular weight excluding hydrogens is 254 g/mol. The molecule has 0 heterocycles. The Morgan fingerprint density at radius 2 is 1.95 bits per heavy atom. The molecule has 4 nitrogen and oxygen atoms in total. The Morgan fingerprint density at radius 1 is 1.15 bits per heavy atom. The summed E-state index contributed by atoms with van der Waals surface area (Å²) >= 11 is 0. The van der Waals surface area contributed by atoms with Crippen LogP contribution in [0, 0.1) is 0 Å². The summed E-state index contributed by atoms with van der Waals surface area (Å²) in [6.45, 7) is 0.0606. The largest absolute Gasteiger partial charge is 0.496 e. The lowest BCUT2D eigenvalue weighted by Crippen LogP contribution is -2.22. The van der Waals surface area contributed by atoms with E-state index in [4.69, 9.17) is 9.84 Å². The molecule has 0 aromatic heterocycles. The highest BCUT2D eigenvalue weighted by Gasteiger charge is 2.06. The Kier molecular flexibility index (Phi) is 4.98. The quantitative estimate of drug-likeness (QED) is 0.754. The van der Waals surface area contributed by atoms with Crippen molar-refractivity contribution in [3.63, 3.8) is 0 Å². The summed E-state index contributed by atoms with van der Waals surface area (Å²) in [5, 5.41) is 21.3. The third-order valence-corrected chi connectivity index (χ3v) is 3.03. The van der Waals surface area contributed by atoms with Gasteiger partial charge in [-0.1, -0.05) is 30.3 Å². The minimum atomic E-state index is -0.759. The van der Waals surface area contributed by atoms with Gasteiger partial charge in [-0.3, -0.25) is 0 Å². The number of benzene rings is 2. The van der Waals surface area contributed by atoms with Gasteiger partial charge in [-0.2, -0.15) is 0 Å². The standard InChI is InChI=1S/C16H19NO3/c1-20-16-8-3-2-7-15(16)12-5-4-6-13(9-12)17-10-14(19)11-18/h2-9,14,17-19H,10-11H2,1H3. The van der Waals surface area contributed by atoms with Crippen LogP contribution >= 0.6 is 0 Å². The van der Waals surface area contributed by atoms with Crippen LogP contribution in [0.25, 0.3) is 11.1 Å². The molecule has 20 heavy (non-hydrogen) atoms. The van der Waals surface area contributed by atoms with Gasteiger partial charge in [0.25, 0.3) is 0 Å². The van der Waals surface area contributed by atoms with Crippen molar-refractivity contribution in [2.24, 2.45) is 0 Å². The Hall–Kier alpha value is -2.04. The second-order valence-electron chi connectivity index (χ2n) is 4.50. The molecule has 0 spiro atoms. The van der Waals surface area contributed by atoms with E-state index in [9.17, 15) is 5.11 Å². The zero-order valence-electron chi connectivity index (χ0n) is 11.4. The number of anilines is 1. The first-order valence-electron chi connectivity index (χ1n) is 6.51. The molecule has 0 bridgehead atoms. The van der Waals surface area contributed by atoms with Gasteiger partial charge in [0.2, 0.25) is 0 Å². The number of hydrogen-bond acceptors (Lipinski definition) is 4. The Bertz CT molecular complexity index is 557. The molecule has 106 valence electrons. The van der Waals surface area contributed by atoms with Crippen LogP contribution in [0.4, 0.5) is 5.69 Å². The first kappa shape index (κ1) is 14.4. The van der Waals surface area contributed by atoms with E-state index in [2.05, 4.69) is 5.32 Å². The van der Waals surface area contributed by atoms with Crippen molar-refractivity contribution in [2.75, 3.05) is 25.6 Å². The van der Waals surface area contributed by atoms with Crippen molar-refractivity contribution in [3.05, 3.63) is 48.5 Å². The summed E-state index contributed by atoms with van der Waals surface area (Å²) in [7, 11) is 1.65. The number of para-hydroxylation sites is 1. The molecule has 0 saturated carbocycles. The molecule has 1 atom stereocenters. The highest BCUT2D eigenvalue weighted by molar-refractivity contribution is 5.73. The lowest BCUT2D eigenvalue weighted by Gasteiger charge is -2.12. The van der Waals surface area contributed by atoms with E-state index >= 15 is 0 Å². The predicted molar refractivity (Wildman–Crippen MR) is 80.0 cm³/mol. The van der Waals surface area contributed by atoms with E-state index in [0.29, 0.717) is 6.54 Å². The third-order valence-electron chi connectivity index (χ3n) is 3.03. The van der Waals surface area contributed by atoms with Crippen LogP contribution in [0.1, 0.15) is 0 Å². The molecule has 0 aliphatic carbocycles. The summed E-state index contributed by atoms with van der Waals surface area (Å²) in [4.78, 5) is 0.